The molecule has 1 saturated heterocycles. The van der Waals surface area contributed by atoms with Crippen LogP contribution in [0.4, 0.5) is 5.82 Å². The molecule has 0 atom stereocenters. The Morgan fingerprint density at radius 1 is 1.36 bits per heavy atom. The van der Waals surface area contributed by atoms with Gasteiger partial charge in [0.15, 0.2) is 0 Å². The Balaban J connectivity index is 1.96. The Morgan fingerprint density at radius 2 is 2.14 bits per heavy atom. The van der Waals surface area contributed by atoms with Gasteiger partial charge in [0, 0.05) is 25.3 Å². The molecule has 0 spiro atoms. The maximum atomic E-state index is 8.76. The van der Waals surface area contributed by atoms with Crippen LogP contribution in [0.15, 0.2) is 24.4 Å². The highest BCUT2D eigenvalue weighted by Crippen LogP contribution is 2.16. The average molecular weight is 193 g/mol. The lowest BCUT2D eigenvalue weighted by Crippen LogP contribution is -2.41. The molecule has 4 heteroatoms. The van der Waals surface area contributed by atoms with Crippen molar-refractivity contribution in [1.29, 1.82) is 0 Å². The third-order valence-electron chi connectivity index (χ3n) is 2.65. The number of rotatable bonds is 2. The quantitative estimate of drug-likeness (QED) is 0.689. The van der Waals surface area contributed by atoms with Gasteiger partial charge < -0.3 is 10.1 Å². The van der Waals surface area contributed by atoms with E-state index < -0.39 is 0 Å². The largest absolute Gasteiger partial charge is 0.357 e. The summed E-state index contributed by atoms with van der Waals surface area (Å²) in [6, 6.07) is 6.19. The number of hydrogen-bond donors (Lipinski definition) is 2. The summed E-state index contributed by atoms with van der Waals surface area (Å²) in [5.74, 6) is 1.03. The van der Waals surface area contributed by atoms with Gasteiger partial charge in [0.25, 0.3) is 0 Å². The number of aromatic nitrogens is 1. The van der Waals surface area contributed by atoms with Crippen LogP contribution in [0.5, 0.6) is 0 Å². The first-order valence-electron chi connectivity index (χ1n) is 4.96. The SMILES string of the molecule is ONC1CCN(c2ccccn2)CC1. The molecule has 0 saturated carbocycles. The van der Waals surface area contributed by atoms with Crippen molar-refractivity contribution in [2.24, 2.45) is 0 Å². The van der Waals surface area contributed by atoms with Crippen LogP contribution >= 0.6 is 0 Å². The van der Waals surface area contributed by atoms with Crippen LogP contribution < -0.4 is 10.4 Å². The molecule has 0 bridgehead atoms. The first-order valence-corrected chi connectivity index (χ1v) is 4.96. The highest BCUT2D eigenvalue weighted by atomic mass is 16.5. The van der Waals surface area contributed by atoms with Crippen LogP contribution in [0.25, 0.3) is 0 Å². The Morgan fingerprint density at radius 3 is 2.71 bits per heavy atom. The second-order valence-corrected chi connectivity index (χ2v) is 3.58. The van der Waals surface area contributed by atoms with Gasteiger partial charge in [-0.1, -0.05) is 6.07 Å². The average Bonchev–Trinajstić information content (AvgIpc) is 2.30. The van der Waals surface area contributed by atoms with E-state index in [0.717, 1.165) is 31.7 Å². The molecule has 0 amide bonds. The van der Waals surface area contributed by atoms with Crippen LogP contribution in [0, 0.1) is 0 Å². The normalized spacial score (nSPS) is 18.5. The van der Waals surface area contributed by atoms with Crippen LogP contribution in [-0.2, 0) is 0 Å². The third-order valence-corrected chi connectivity index (χ3v) is 2.65. The molecule has 14 heavy (non-hydrogen) atoms. The lowest BCUT2D eigenvalue weighted by Gasteiger charge is -2.31. The van der Waals surface area contributed by atoms with Crippen LogP contribution in [-0.4, -0.2) is 29.3 Å². The Labute approximate surface area is 83.5 Å². The zero-order valence-corrected chi connectivity index (χ0v) is 8.06. The van der Waals surface area contributed by atoms with Gasteiger partial charge in [-0.3, -0.25) is 0 Å². The molecule has 2 N–H and O–H groups in total. The molecule has 76 valence electrons. The third kappa shape index (κ3) is 2.02. The Hall–Kier alpha value is -1.13. The Bertz CT molecular complexity index is 270. The lowest BCUT2D eigenvalue weighted by atomic mass is 10.1. The molecule has 1 aromatic rings. The maximum absolute atomic E-state index is 8.76. The highest BCUT2D eigenvalue weighted by Gasteiger charge is 2.18. The van der Waals surface area contributed by atoms with Crippen molar-refractivity contribution < 1.29 is 5.21 Å². The fourth-order valence-corrected chi connectivity index (χ4v) is 1.78. The minimum absolute atomic E-state index is 0.245. The smallest absolute Gasteiger partial charge is 0.128 e. The van der Waals surface area contributed by atoms with Crippen molar-refractivity contribution in [1.82, 2.24) is 10.5 Å². The van der Waals surface area contributed by atoms with Gasteiger partial charge in [0.1, 0.15) is 5.82 Å². The monoisotopic (exact) mass is 193 g/mol. The van der Waals surface area contributed by atoms with Gasteiger partial charge in [0.05, 0.1) is 0 Å². The summed E-state index contributed by atoms with van der Waals surface area (Å²) in [5.41, 5.74) is 2.33. The van der Waals surface area contributed by atoms with Crippen molar-refractivity contribution >= 4 is 5.82 Å². The van der Waals surface area contributed by atoms with Crippen LogP contribution in [0.2, 0.25) is 0 Å². The van der Waals surface area contributed by atoms with E-state index >= 15 is 0 Å². The van der Waals surface area contributed by atoms with Crippen molar-refractivity contribution in [2.45, 2.75) is 18.9 Å². The summed E-state index contributed by atoms with van der Waals surface area (Å²) in [6.45, 7) is 1.91. The zero-order valence-electron chi connectivity index (χ0n) is 8.06. The molecular weight excluding hydrogens is 178 g/mol. The van der Waals surface area contributed by atoms with E-state index in [-0.39, 0.29) is 6.04 Å². The summed E-state index contributed by atoms with van der Waals surface area (Å²) in [5, 5.41) is 8.76. The predicted molar refractivity (Wildman–Crippen MR) is 54.4 cm³/mol. The first kappa shape index (κ1) is 9.43. The van der Waals surface area contributed by atoms with E-state index in [9.17, 15) is 0 Å². The summed E-state index contributed by atoms with van der Waals surface area (Å²) < 4.78 is 0. The molecule has 0 unspecified atom stereocenters. The molecule has 4 nitrogen and oxygen atoms in total. The topological polar surface area (TPSA) is 48.4 Å². The minimum Gasteiger partial charge on any atom is -0.357 e. The van der Waals surface area contributed by atoms with E-state index in [0.29, 0.717) is 0 Å². The van der Waals surface area contributed by atoms with Crippen molar-refractivity contribution in [3.63, 3.8) is 0 Å². The van der Waals surface area contributed by atoms with Crippen molar-refractivity contribution in [2.75, 3.05) is 18.0 Å². The van der Waals surface area contributed by atoms with Gasteiger partial charge in [-0.25, -0.2) is 10.5 Å². The second kappa shape index (κ2) is 4.39. The summed E-state index contributed by atoms with van der Waals surface area (Å²) in [7, 11) is 0. The van der Waals surface area contributed by atoms with Crippen LogP contribution in [0.3, 0.4) is 0 Å². The molecule has 0 aromatic carbocycles. The van der Waals surface area contributed by atoms with Crippen molar-refractivity contribution in [3.8, 4) is 0 Å². The fraction of sp³-hybridized carbons (Fsp3) is 0.500. The van der Waals surface area contributed by atoms with E-state index in [1.54, 1.807) is 0 Å². The number of nitrogens with one attached hydrogen (secondary N) is 1. The summed E-state index contributed by atoms with van der Waals surface area (Å²) in [6.07, 6.45) is 3.74. The van der Waals surface area contributed by atoms with E-state index in [1.165, 1.54) is 0 Å². The van der Waals surface area contributed by atoms with E-state index in [2.05, 4.69) is 15.4 Å². The Kier molecular flexibility index (Phi) is 2.96. The predicted octanol–water partition coefficient (Wildman–Crippen LogP) is 1.03. The molecule has 0 aliphatic carbocycles. The standard InChI is InChI=1S/C10H15N3O/c14-12-9-4-7-13(8-5-9)10-3-1-2-6-11-10/h1-3,6,9,12,14H,4-5,7-8H2. The highest BCUT2D eigenvalue weighted by molar-refractivity contribution is 5.38. The molecule has 1 aromatic heterocycles. The number of nitrogens with zero attached hydrogens (tertiary/aromatic N) is 2. The van der Waals surface area contributed by atoms with Gasteiger partial charge in [0.2, 0.25) is 0 Å². The number of piperidine rings is 1. The van der Waals surface area contributed by atoms with Gasteiger partial charge >= 0.3 is 0 Å². The second-order valence-electron chi connectivity index (χ2n) is 3.58. The lowest BCUT2D eigenvalue weighted by molar-refractivity contribution is 0.113. The molecule has 2 rings (SSSR count). The van der Waals surface area contributed by atoms with E-state index in [1.807, 2.05) is 24.4 Å². The zero-order chi connectivity index (χ0) is 9.80. The number of pyridine rings is 1. The number of hydroxylamine groups is 1. The van der Waals surface area contributed by atoms with Crippen LogP contribution in [0.1, 0.15) is 12.8 Å². The fourth-order valence-electron chi connectivity index (χ4n) is 1.78. The molecule has 1 fully saturated rings. The molecule has 1 aliphatic rings. The molecule has 1 aliphatic heterocycles. The maximum Gasteiger partial charge on any atom is 0.128 e. The number of anilines is 1. The summed E-state index contributed by atoms with van der Waals surface area (Å²) in [4.78, 5) is 6.54. The molecular formula is C10H15N3O. The van der Waals surface area contributed by atoms with Crippen molar-refractivity contribution in [3.05, 3.63) is 24.4 Å². The molecule has 0 radical (unpaired) electrons. The van der Waals surface area contributed by atoms with E-state index in [4.69, 9.17) is 5.21 Å². The summed E-state index contributed by atoms with van der Waals surface area (Å²) >= 11 is 0. The van der Waals surface area contributed by atoms with Gasteiger partial charge in [-0.2, -0.15) is 0 Å². The van der Waals surface area contributed by atoms with Gasteiger partial charge in [-0.05, 0) is 25.0 Å². The first-order chi connectivity index (χ1) is 6.90. The molecule has 2 heterocycles. The van der Waals surface area contributed by atoms with Gasteiger partial charge in [-0.15, -0.1) is 0 Å². The minimum atomic E-state index is 0.245. The number of hydrogen-bond acceptors (Lipinski definition) is 4.